The van der Waals surface area contributed by atoms with Gasteiger partial charge in [-0.05, 0) is 38.3 Å². The number of hydrogen-bond donors (Lipinski definition) is 1. The van der Waals surface area contributed by atoms with E-state index in [0.717, 1.165) is 18.5 Å². The summed E-state index contributed by atoms with van der Waals surface area (Å²) >= 11 is 1.82. The summed E-state index contributed by atoms with van der Waals surface area (Å²) < 4.78 is 1.29. The van der Waals surface area contributed by atoms with E-state index in [-0.39, 0.29) is 11.0 Å². The largest absolute Gasteiger partial charge is 0.312 e. The Bertz CT molecular complexity index is 516. The lowest BCUT2D eigenvalue weighted by Crippen LogP contribution is -2.42. The van der Waals surface area contributed by atoms with E-state index in [9.17, 15) is 0 Å². The number of rotatable bonds is 4. The van der Waals surface area contributed by atoms with Crippen molar-refractivity contribution in [1.29, 1.82) is 0 Å². The minimum atomic E-state index is 0.171. The predicted molar refractivity (Wildman–Crippen MR) is 84.9 cm³/mol. The van der Waals surface area contributed by atoms with Crippen LogP contribution in [0.15, 0.2) is 24.3 Å². The monoisotopic (exact) mass is 276 g/mol. The number of aromatic nitrogens is 1. The third-order valence-corrected chi connectivity index (χ3v) is 4.10. The van der Waals surface area contributed by atoms with Gasteiger partial charge in [-0.1, -0.05) is 26.0 Å². The highest BCUT2D eigenvalue weighted by atomic mass is 32.1. The van der Waals surface area contributed by atoms with E-state index in [1.807, 2.05) is 11.3 Å². The number of nitrogens with zero attached hydrogens (tertiary/aromatic N) is 1. The van der Waals surface area contributed by atoms with Crippen LogP contribution in [0.25, 0.3) is 10.2 Å². The first-order valence-electron chi connectivity index (χ1n) is 6.85. The molecule has 0 fully saturated rings. The van der Waals surface area contributed by atoms with Gasteiger partial charge in [0.05, 0.1) is 15.2 Å². The molecule has 0 spiro atoms. The number of para-hydroxylation sites is 1. The molecular weight excluding hydrogens is 252 g/mol. The van der Waals surface area contributed by atoms with Gasteiger partial charge in [-0.25, -0.2) is 4.98 Å². The summed E-state index contributed by atoms with van der Waals surface area (Å²) in [4.78, 5) is 4.73. The maximum absolute atomic E-state index is 4.73. The van der Waals surface area contributed by atoms with Crippen molar-refractivity contribution in [3.8, 4) is 0 Å². The molecule has 1 N–H and O–H groups in total. The molecule has 0 amide bonds. The summed E-state index contributed by atoms with van der Waals surface area (Å²) in [5.41, 5.74) is 1.52. The molecule has 1 heterocycles. The van der Waals surface area contributed by atoms with E-state index in [4.69, 9.17) is 4.98 Å². The van der Waals surface area contributed by atoms with E-state index in [0.29, 0.717) is 0 Å². The Morgan fingerprint density at radius 2 is 1.79 bits per heavy atom. The summed E-state index contributed by atoms with van der Waals surface area (Å²) in [5, 5.41) is 4.83. The summed E-state index contributed by atoms with van der Waals surface area (Å²) in [7, 11) is 0. The SMILES string of the molecule is CC(C)(CNC(C)(C)C)Cc1nc2ccccc2s1. The standard InChI is InChI=1S/C16H24N2S/c1-15(2,3)17-11-16(4,5)10-14-18-12-8-6-7-9-13(12)19-14/h6-9,17H,10-11H2,1-5H3. The van der Waals surface area contributed by atoms with Crippen molar-refractivity contribution in [2.24, 2.45) is 5.41 Å². The van der Waals surface area contributed by atoms with Gasteiger partial charge >= 0.3 is 0 Å². The van der Waals surface area contributed by atoms with Crippen LogP contribution in [0.5, 0.6) is 0 Å². The second-order valence-corrected chi connectivity index (χ2v) is 8.14. The lowest BCUT2D eigenvalue weighted by molar-refractivity contribution is 0.289. The first-order chi connectivity index (χ1) is 8.75. The molecule has 0 aliphatic carbocycles. The normalized spacial score (nSPS) is 13.1. The molecule has 0 aliphatic heterocycles. The Morgan fingerprint density at radius 3 is 2.42 bits per heavy atom. The van der Waals surface area contributed by atoms with Crippen LogP contribution in [0.2, 0.25) is 0 Å². The van der Waals surface area contributed by atoms with Crippen LogP contribution in [-0.4, -0.2) is 17.1 Å². The Hall–Kier alpha value is -0.930. The minimum Gasteiger partial charge on any atom is -0.312 e. The zero-order chi connectivity index (χ0) is 14.1. The molecule has 2 rings (SSSR count). The van der Waals surface area contributed by atoms with Crippen molar-refractivity contribution in [1.82, 2.24) is 10.3 Å². The first kappa shape index (κ1) is 14.5. The van der Waals surface area contributed by atoms with Gasteiger partial charge in [0.25, 0.3) is 0 Å². The van der Waals surface area contributed by atoms with Gasteiger partial charge in [0.15, 0.2) is 0 Å². The third-order valence-electron chi connectivity index (χ3n) is 3.07. The predicted octanol–water partition coefficient (Wildman–Crippen LogP) is 4.25. The maximum atomic E-state index is 4.73. The van der Waals surface area contributed by atoms with E-state index in [1.54, 1.807) is 0 Å². The molecule has 0 unspecified atom stereocenters. The first-order valence-corrected chi connectivity index (χ1v) is 7.66. The maximum Gasteiger partial charge on any atom is 0.0944 e. The van der Waals surface area contributed by atoms with Crippen LogP contribution in [0, 0.1) is 5.41 Å². The molecule has 19 heavy (non-hydrogen) atoms. The smallest absolute Gasteiger partial charge is 0.0944 e. The lowest BCUT2D eigenvalue weighted by Gasteiger charge is -2.29. The summed E-state index contributed by atoms with van der Waals surface area (Å²) in [6, 6.07) is 8.38. The molecule has 2 aromatic rings. The fourth-order valence-electron chi connectivity index (χ4n) is 1.97. The van der Waals surface area contributed by atoms with Crippen molar-refractivity contribution in [3.05, 3.63) is 29.3 Å². The van der Waals surface area contributed by atoms with Crippen molar-refractivity contribution in [2.45, 2.75) is 46.6 Å². The Kier molecular flexibility index (Phi) is 3.98. The number of fused-ring (bicyclic) bond motifs is 1. The molecule has 0 saturated carbocycles. The highest BCUT2D eigenvalue weighted by Crippen LogP contribution is 2.28. The number of benzene rings is 1. The van der Waals surface area contributed by atoms with Crippen molar-refractivity contribution in [2.75, 3.05) is 6.54 Å². The lowest BCUT2D eigenvalue weighted by atomic mass is 9.88. The Labute approximate surface area is 120 Å². The minimum absolute atomic E-state index is 0.171. The molecule has 1 aromatic carbocycles. The van der Waals surface area contributed by atoms with Crippen LogP contribution in [0.4, 0.5) is 0 Å². The summed E-state index contributed by atoms with van der Waals surface area (Å²) in [6.45, 7) is 12.2. The van der Waals surface area contributed by atoms with Crippen molar-refractivity contribution < 1.29 is 0 Å². The summed E-state index contributed by atoms with van der Waals surface area (Å²) in [6.07, 6.45) is 1.02. The van der Waals surface area contributed by atoms with Gasteiger partial charge in [-0.2, -0.15) is 0 Å². The molecule has 1 aromatic heterocycles. The van der Waals surface area contributed by atoms with Crippen LogP contribution in [0.3, 0.4) is 0 Å². The molecule has 0 saturated heterocycles. The van der Waals surface area contributed by atoms with Crippen LogP contribution in [0.1, 0.15) is 39.6 Å². The summed E-state index contributed by atoms with van der Waals surface area (Å²) in [5.74, 6) is 0. The van der Waals surface area contributed by atoms with E-state index >= 15 is 0 Å². The molecule has 3 heteroatoms. The van der Waals surface area contributed by atoms with Crippen molar-refractivity contribution >= 4 is 21.6 Å². The average molecular weight is 276 g/mol. The molecule has 0 bridgehead atoms. The Balaban J connectivity index is 2.06. The fourth-order valence-corrected chi connectivity index (χ4v) is 3.20. The Morgan fingerprint density at radius 1 is 1.11 bits per heavy atom. The van der Waals surface area contributed by atoms with Gasteiger partial charge in [0.2, 0.25) is 0 Å². The molecule has 0 atom stereocenters. The highest BCUT2D eigenvalue weighted by Gasteiger charge is 2.23. The van der Waals surface area contributed by atoms with E-state index in [2.05, 4.69) is 64.2 Å². The van der Waals surface area contributed by atoms with Crippen molar-refractivity contribution in [3.63, 3.8) is 0 Å². The number of thiazole rings is 1. The number of nitrogens with one attached hydrogen (secondary N) is 1. The molecular formula is C16H24N2S. The highest BCUT2D eigenvalue weighted by molar-refractivity contribution is 7.18. The van der Waals surface area contributed by atoms with Crippen LogP contribution in [-0.2, 0) is 6.42 Å². The zero-order valence-corrected chi connectivity index (χ0v) is 13.4. The average Bonchev–Trinajstić information content (AvgIpc) is 2.66. The molecule has 104 valence electrons. The fraction of sp³-hybridized carbons (Fsp3) is 0.562. The van der Waals surface area contributed by atoms with Gasteiger partial charge < -0.3 is 5.32 Å². The molecule has 0 aliphatic rings. The quantitative estimate of drug-likeness (QED) is 0.903. The zero-order valence-electron chi connectivity index (χ0n) is 12.6. The van der Waals surface area contributed by atoms with E-state index in [1.165, 1.54) is 9.71 Å². The third kappa shape index (κ3) is 4.29. The van der Waals surface area contributed by atoms with Gasteiger partial charge in [0, 0.05) is 18.5 Å². The molecule has 0 radical (unpaired) electrons. The van der Waals surface area contributed by atoms with Gasteiger partial charge in [-0.15, -0.1) is 11.3 Å². The van der Waals surface area contributed by atoms with Crippen LogP contribution >= 0.6 is 11.3 Å². The van der Waals surface area contributed by atoms with Gasteiger partial charge in [-0.3, -0.25) is 0 Å². The molecule has 2 nitrogen and oxygen atoms in total. The second-order valence-electron chi connectivity index (χ2n) is 7.02. The number of hydrogen-bond acceptors (Lipinski definition) is 3. The van der Waals surface area contributed by atoms with Gasteiger partial charge in [0.1, 0.15) is 0 Å². The topological polar surface area (TPSA) is 24.9 Å². The van der Waals surface area contributed by atoms with E-state index < -0.39 is 0 Å². The second kappa shape index (κ2) is 5.22. The van der Waals surface area contributed by atoms with Crippen LogP contribution < -0.4 is 5.32 Å².